The number of halogens is 3. The van der Waals surface area contributed by atoms with Crippen LogP contribution >= 0.6 is 11.3 Å². The van der Waals surface area contributed by atoms with Crippen LogP contribution in [-0.2, 0) is 25.7 Å². The molecule has 4 heterocycles. The van der Waals surface area contributed by atoms with Crippen molar-refractivity contribution in [1.29, 1.82) is 0 Å². The number of alkyl halides is 3. The maximum atomic E-state index is 13.1. The lowest BCUT2D eigenvalue weighted by atomic mass is 10.2. The molecular formula is C15H16F3N9S. The van der Waals surface area contributed by atoms with Gasteiger partial charge in [-0.25, -0.2) is 0 Å². The number of aromatic nitrogens is 5. The minimum atomic E-state index is -4.54. The third kappa shape index (κ3) is 3.25. The summed E-state index contributed by atoms with van der Waals surface area (Å²) in [7, 11) is 0. The lowest BCUT2D eigenvalue weighted by molar-refractivity contribution is -0.147. The van der Waals surface area contributed by atoms with E-state index in [1.54, 1.807) is 0 Å². The zero-order valence-electron chi connectivity index (χ0n) is 14.8. The summed E-state index contributed by atoms with van der Waals surface area (Å²) in [6, 6.07) is 2.02. The summed E-state index contributed by atoms with van der Waals surface area (Å²) < 4.78 is 40.3. The molecule has 0 spiro atoms. The van der Waals surface area contributed by atoms with E-state index in [0.717, 1.165) is 32.5 Å². The number of fused-ring (bicyclic) bond motifs is 2. The molecule has 0 saturated heterocycles. The molecule has 0 unspecified atom stereocenters. The highest BCUT2D eigenvalue weighted by atomic mass is 32.1. The van der Waals surface area contributed by atoms with Gasteiger partial charge in [0.1, 0.15) is 10.6 Å². The van der Waals surface area contributed by atoms with E-state index < -0.39 is 12.0 Å². The van der Waals surface area contributed by atoms with Crippen molar-refractivity contribution >= 4 is 33.3 Å². The third-order valence-corrected chi connectivity index (χ3v) is 5.45. The number of nitrogens with two attached hydrogens (primary N) is 1. The monoisotopic (exact) mass is 411 g/mol. The lowest BCUT2D eigenvalue weighted by Crippen LogP contribution is -2.36. The van der Waals surface area contributed by atoms with Crippen LogP contribution in [0.1, 0.15) is 29.9 Å². The van der Waals surface area contributed by atoms with Gasteiger partial charge < -0.3 is 15.3 Å². The van der Waals surface area contributed by atoms with Gasteiger partial charge in [0.05, 0.1) is 11.9 Å². The number of nitrogens with zero attached hydrogens (tertiary/aromatic N) is 8. The molecule has 0 amide bonds. The van der Waals surface area contributed by atoms with Crippen LogP contribution in [0, 0.1) is 0 Å². The maximum absolute atomic E-state index is 13.1. The zero-order chi connectivity index (χ0) is 19.9. The fourth-order valence-electron chi connectivity index (χ4n) is 3.20. The Bertz CT molecular complexity index is 1040. The van der Waals surface area contributed by atoms with Gasteiger partial charge in [0, 0.05) is 18.0 Å². The highest BCUT2D eigenvalue weighted by Gasteiger charge is 2.39. The first-order chi connectivity index (χ1) is 13.4. The summed E-state index contributed by atoms with van der Waals surface area (Å²) >= 11 is 1.53. The minimum Gasteiger partial charge on any atom is -0.347 e. The molecule has 3 aromatic heterocycles. The van der Waals surface area contributed by atoms with Crippen LogP contribution < -0.4 is 10.7 Å². The molecule has 9 nitrogen and oxygen atoms in total. The summed E-state index contributed by atoms with van der Waals surface area (Å²) in [6.45, 7) is 2.65. The molecule has 13 heteroatoms. The van der Waals surface area contributed by atoms with Gasteiger partial charge >= 0.3 is 6.18 Å². The van der Waals surface area contributed by atoms with Crippen molar-refractivity contribution in [3.05, 3.63) is 22.6 Å². The topological polar surface area (TPSA) is 110 Å². The molecule has 1 aliphatic rings. The van der Waals surface area contributed by atoms with Crippen molar-refractivity contribution in [2.24, 2.45) is 16.2 Å². The molecule has 1 aliphatic heterocycles. The molecule has 0 radical (unpaired) electrons. The average Bonchev–Trinajstić information content (AvgIpc) is 3.24. The predicted octanol–water partition coefficient (Wildman–Crippen LogP) is 3.23. The predicted molar refractivity (Wildman–Crippen MR) is 96.2 cm³/mol. The van der Waals surface area contributed by atoms with Crippen molar-refractivity contribution in [3.8, 4) is 0 Å². The van der Waals surface area contributed by atoms with Crippen molar-refractivity contribution in [3.63, 3.8) is 0 Å². The summed E-state index contributed by atoms with van der Waals surface area (Å²) in [6.07, 6.45) is -2.65. The molecule has 4 rings (SSSR count). The Kier molecular flexibility index (Phi) is 4.61. The first kappa shape index (κ1) is 18.5. The normalized spacial score (nSPS) is 14.9. The summed E-state index contributed by atoms with van der Waals surface area (Å²) in [4.78, 5) is 12.5. The van der Waals surface area contributed by atoms with Crippen LogP contribution in [0.25, 0.3) is 10.2 Å². The fraction of sp³-hybridized carbons (Fsp3) is 0.467. The fourth-order valence-corrected chi connectivity index (χ4v) is 4.32. The molecular weight excluding hydrogens is 395 g/mol. The number of thiophene rings is 1. The highest BCUT2D eigenvalue weighted by molar-refractivity contribution is 7.18. The first-order valence-electron chi connectivity index (χ1n) is 8.56. The van der Waals surface area contributed by atoms with Gasteiger partial charge in [-0.1, -0.05) is 23.7 Å². The molecule has 0 fully saturated rings. The van der Waals surface area contributed by atoms with Crippen molar-refractivity contribution in [2.45, 2.75) is 39.0 Å². The van der Waals surface area contributed by atoms with E-state index in [1.165, 1.54) is 11.3 Å². The molecule has 28 heavy (non-hydrogen) atoms. The van der Waals surface area contributed by atoms with Crippen molar-refractivity contribution in [1.82, 2.24) is 24.7 Å². The van der Waals surface area contributed by atoms with Gasteiger partial charge in [-0.2, -0.15) is 23.1 Å². The van der Waals surface area contributed by atoms with E-state index >= 15 is 0 Å². The lowest BCUT2D eigenvalue weighted by Gasteiger charge is -2.29. The van der Waals surface area contributed by atoms with Crippen LogP contribution in [0.15, 0.2) is 16.4 Å². The Morgan fingerprint density at radius 2 is 2.07 bits per heavy atom. The molecule has 0 aromatic carbocycles. The molecule has 0 atom stereocenters. The van der Waals surface area contributed by atoms with Gasteiger partial charge in [-0.05, 0) is 12.5 Å². The quantitative estimate of drug-likeness (QED) is 0.401. The molecule has 0 bridgehead atoms. The van der Waals surface area contributed by atoms with Crippen LogP contribution in [0.2, 0.25) is 0 Å². The van der Waals surface area contributed by atoms with Crippen LogP contribution in [0.3, 0.4) is 0 Å². The van der Waals surface area contributed by atoms with Gasteiger partial charge in [-0.3, -0.25) is 0 Å². The maximum Gasteiger partial charge on any atom is 0.451 e. The van der Waals surface area contributed by atoms with E-state index in [-0.39, 0.29) is 24.9 Å². The van der Waals surface area contributed by atoms with E-state index in [0.29, 0.717) is 12.4 Å². The Balaban J connectivity index is 1.75. The Morgan fingerprint density at radius 1 is 1.25 bits per heavy atom. The molecule has 0 aliphatic carbocycles. The first-order valence-corrected chi connectivity index (χ1v) is 9.38. The standard InChI is InChI=1S/C15H16F3N9S/c1-2-3-8-6-9-11(20-14(24-25-19)21-12(9)28-8)26-4-5-27-10(7-26)22-23-13(27)15(16,17)18/h6H,2-5,7H2,1H3,(H2,19,20,21,24). The average molecular weight is 411 g/mol. The molecule has 3 aromatic rings. The molecule has 2 N–H and O–H groups in total. The molecule has 0 saturated carbocycles. The largest absolute Gasteiger partial charge is 0.451 e. The van der Waals surface area contributed by atoms with E-state index in [4.69, 9.17) is 5.84 Å². The SMILES string of the molecule is CCCc1cc2c(N3CCn4c(nnc4C(F)(F)F)C3)nc(N=NN)nc2s1. The number of rotatable bonds is 4. The van der Waals surface area contributed by atoms with Crippen LogP contribution in [0.5, 0.6) is 0 Å². The summed E-state index contributed by atoms with van der Waals surface area (Å²) in [5.41, 5.74) is 0. The second kappa shape index (κ2) is 6.96. The number of anilines is 1. The Morgan fingerprint density at radius 3 is 2.79 bits per heavy atom. The van der Waals surface area contributed by atoms with E-state index in [1.807, 2.05) is 11.0 Å². The van der Waals surface area contributed by atoms with Gasteiger partial charge in [0.25, 0.3) is 5.95 Å². The highest BCUT2D eigenvalue weighted by Crippen LogP contribution is 2.35. The van der Waals surface area contributed by atoms with Gasteiger partial charge in [0.15, 0.2) is 5.82 Å². The summed E-state index contributed by atoms with van der Waals surface area (Å²) in [5, 5.41) is 14.8. The Labute approximate surface area is 161 Å². The number of hydrogen-bond donors (Lipinski definition) is 1. The van der Waals surface area contributed by atoms with Crippen LogP contribution in [0.4, 0.5) is 24.9 Å². The zero-order valence-corrected chi connectivity index (χ0v) is 15.6. The number of hydrogen-bond acceptors (Lipinski definition) is 8. The second-order valence-corrected chi connectivity index (χ2v) is 7.37. The number of aryl methyl sites for hydroxylation is 1. The van der Waals surface area contributed by atoms with Crippen molar-refractivity contribution < 1.29 is 13.2 Å². The Hall–Kier alpha value is -2.83. The molecule has 148 valence electrons. The smallest absolute Gasteiger partial charge is 0.347 e. The van der Waals surface area contributed by atoms with Crippen LogP contribution in [-0.4, -0.2) is 31.3 Å². The van der Waals surface area contributed by atoms with Gasteiger partial charge in [-0.15, -0.1) is 21.5 Å². The second-order valence-electron chi connectivity index (χ2n) is 6.26. The van der Waals surface area contributed by atoms with E-state index in [9.17, 15) is 13.2 Å². The minimum absolute atomic E-state index is 0.0996. The third-order valence-electron chi connectivity index (χ3n) is 4.36. The van der Waals surface area contributed by atoms with Gasteiger partial charge in [0.2, 0.25) is 5.82 Å². The van der Waals surface area contributed by atoms with E-state index in [2.05, 4.69) is 37.4 Å². The summed E-state index contributed by atoms with van der Waals surface area (Å²) in [5.74, 6) is 5.07. The van der Waals surface area contributed by atoms with Crippen molar-refractivity contribution in [2.75, 3.05) is 11.4 Å².